The molecule has 0 bridgehead atoms. The van der Waals surface area contributed by atoms with Gasteiger partial charge in [0.2, 0.25) is 5.82 Å². The Morgan fingerprint density at radius 3 is 2.45 bits per heavy atom. The molecule has 0 radical (unpaired) electrons. The first-order valence-electron chi connectivity index (χ1n) is 9.19. The van der Waals surface area contributed by atoms with Crippen LogP contribution in [0.1, 0.15) is 21.7 Å². The molecule has 0 saturated carbocycles. The predicted molar refractivity (Wildman–Crippen MR) is 116 cm³/mol. The molecule has 5 nitrogen and oxygen atoms in total. The molecular formula is C23H19ClN4O. The summed E-state index contributed by atoms with van der Waals surface area (Å²) in [6.07, 6.45) is 0. The molecule has 0 aliphatic rings. The number of hydrogen-bond donors (Lipinski definition) is 1. The number of para-hydroxylation sites is 1. The quantitative estimate of drug-likeness (QED) is 0.493. The number of carbonyl (C=O) groups excluding carboxylic acids is 1. The normalized spacial score (nSPS) is 10.7. The Morgan fingerprint density at radius 2 is 1.69 bits per heavy atom. The first-order chi connectivity index (χ1) is 14.0. The standard InChI is InChI=1S/C23H19ClN4O/c1-15-12-13-16(2)20(14-15)28-22(17-8-4-3-5-9-17)26-21(27-28)23(29)25-19-11-7-6-10-18(19)24/h3-14H,1-2H3,(H,25,29). The van der Waals surface area contributed by atoms with Gasteiger partial charge >= 0.3 is 0 Å². The number of halogens is 1. The van der Waals surface area contributed by atoms with E-state index in [1.54, 1.807) is 28.9 Å². The molecule has 3 aromatic carbocycles. The van der Waals surface area contributed by atoms with Crippen LogP contribution in [0.4, 0.5) is 5.69 Å². The third-order valence-electron chi connectivity index (χ3n) is 4.56. The van der Waals surface area contributed by atoms with E-state index < -0.39 is 5.91 Å². The molecule has 1 amide bonds. The van der Waals surface area contributed by atoms with Crippen LogP contribution in [0.3, 0.4) is 0 Å². The Labute approximate surface area is 174 Å². The van der Waals surface area contributed by atoms with Crippen LogP contribution in [-0.4, -0.2) is 20.7 Å². The lowest BCUT2D eigenvalue weighted by Crippen LogP contribution is -2.14. The summed E-state index contributed by atoms with van der Waals surface area (Å²) in [7, 11) is 0. The highest BCUT2D eigenvalue weighted by Crippen LogP contribution is 2.25. The van der Waals surface area contributed by atoms with Gasteiger partial charge < -0.3 is 5.32 Å². The summed E-state index contributed by atoms with van der Waals surface area (Å²) in [5, 5.41) is 7.78. The van der Waals surface area contributed by atoms with Crippen LogP contribution in [0.5, 0.6) is 0 Å². The topological polar surface area (TPSA) is 59.8 Å². The zero-order chi connectivity index (χ0) is 20.4. The largest absolute Gasteiger partial charge is 0.318 e. The molecule has 0 spiro atoms. The zero-order valence-corrected chi connectivity index (χ0v) is 16.8. The molecule has 1 aromatic heterocycles. The van der Waals surface area contributed by atoms with Gasteiger partial charge in [-0.1, -0.05) is 66.2 Å². The van der Waals surface area contributed by atoms with Crippen molar-refractivity contribution < 1.29 is 4.79 Å². The van der Waals surface area contributed by atoms with Crippen molar-refractivity contribution in [3.05, 3.63) is 94.8 Å². The molecular weight excluding hydrogens is 384 g/mol. The van der Waals surface area contributed by atoms with Crippen molar-refractivity contribution in [2.75, 3.05) is 5.32 Å². The van der Waals surface area contributed by atoms with Gasteiger partial charge in [0.25, 0.3) is 5.91 Å². The van der Waals surface area contributed by atoms with Crippen molar-refractivity contribution in [1.29, 1.82) is 0 Å². The number of carbonyl (C=O) groups is 1. The minimum Gasteiger partial charge on any atom is -0.318 e. The number of benzene rings is 3. The summed E-state index contributed by atoms with van der Waals surface area (Å²) in [6, 6.07) is 22.9. The lowest BCUT2D eigenvalue weighted by Gasteiger charge is -2.10. The van der Waals surface area contributed by atoms with Gasteiger partial charge in [0.15, 0.2) is 5.82 Å². The average Bonchev–Trinajstić information content (AvgIpc) is 3.17. The number of rotatable bonds is 4. The van der Waals surface area contributed by atoms with Gasteiger partial charge in [-0.2, -0.15) is 0 Å². The van der Waals surface area contributed by atoms with Crippen molar-refractivity contribution in [3.8, 4) is 17.1 Å². The van der Waals surface area contributed by atoms with E-state index in [2.05, 4.69) is 15.4 Å². The SMILES string of the molecule is Cc1ccc(C)c(-n2nc(C(=O)Nc3ccccc3Cl)nc2-c2ccccc2)c1. The molecule has 4 aromatic rings. The van der Waals surface area contributed by atoms with E-state index in [1.807, 2.05) is 62.4 Å². The zero-order valence-electron chi connectivity index (χ0n) is 16.1. The number of aryl methyl sites for hydroxylation is 2. The molecule has 4 rings (SSSR count). The molecule has 0 aliphatic heterocycles. The van der Waals surface area contributed by atoms with E-state index in [1.165, 1.54) is 0 Å². The molecule has 0 aliphatic carbocycles. The smallest absolute Gasteiger partial charge is 0.295 e. The van der Waals surface area contributed by atoms with E-state index in [9.17, 15) is 4.79 Å². The Bertz CT molecular complexity index is 1180. The highest BCUT2D eigenvalue weighted by molar-refractivity contribution is 6.33. The molecule has 0 saturated heterocycles. The second kappa shape index (κ2) is 7.89. The van der Waals surface area contributed by atoms with Gasteiger partial charge in [0, 0.05) is 5.56 Å². The van der Waals surface area contributed by atoms with Crippen LogP contribution in [0, 0.1) is 13.8 Å². The second-order valence-electron chi connectivity index (χ2n) is 6.76. The first kappa shape index (κ1) is 18.9. The van der Waals surface area contributed by atoms with Crippen LogP contribution in [0.15, 0.2) is 72.8 Å². The maximum atomic E-state index is 12.8. The van der Waals surface area contributed by atoms with Crippen molar-refractivity contribution in [3.63, 3.8) is 0 Å². The Kier molecular flexibility index (Phi) is 5.14. The van der Waals surface area contributed by atoms with E-state index >= 15 is 0 Å². The van der Waals surface area contributed by atoms with Crippen LogP contribution in [0.2, 0.25) is 5.02 Å². The Balaban J connectivity index is 1.81. The number of amides is 1. The van der Waals surface area contributed by atoms with Gasteiger partial charge in [0.1, 0.15) is 0 Å². The van der Waals surface area contributed by atoms with Gasteiger partial charge in [-0.3, -0.25) is 4.79 Å². The summed E-state index contributed by atoms with van der Waals surface area (Å²) in [5.74, 6) is 0.257. The minimum absolute atomic E-state index is 0.0738. The van der Waals surface area contributed by atoms with Crippen molar-refractivity contribution in [2.45, 2.75) is 13.8 Å². The third kappa shape index (κ3) is 3.91. The second-order valence-corrected chi connectivity index (χ2v) is 7.17. The number of hydrogen-bond acceptors (Lipinski definition) is 3. The number of anilines is 1. The fraction of sp³-hybridized carbons (Fsp3) is 0.0870. The lowest BCUT2D eigenvalue weighted by molar-refractivity contribution is 0.101. The van der Waals surface area contributed by atoms with Crippen molar-refractivity contribution in [2.24, 2.45) is 0 Å². The fourth-order valence-corrected chi connectivity index (χ4v) is 3.22. The van der Waals surface area contributed by atoms with Gasteiger partial charge in [-0.15, -0.1) is 5.10 Å². The summed E-state index contributed by atoms with van der Waals surface area (Å²) in [4.78, 5) is 17.4. The van der Waals surface area contributed by atoms with Crippen molar-refractivity contribution >= 4 is 23.2 Å². The van der Waals surface area contributed by atoms with Crippen molar-refractivity contribution in [1.82, 2.24) is 14.8 Å². The lowest BCUT2D eigenvalue weighted by atomic mass is 10.1. The van der Waals surface area contributed by atoms with E-state index in [4.69, 9.17) is 11.6 Å². The summed E-state index contributed by atoms with van der Waals surface area (Å²) < 4.78 is 1.72. The molecule has 0 atom stereocenters. The van der Waals surface area contributed by atoms with Crippen LogP contribution in [0.25, 0.3) is 17.1 Å². The molecule has 29 heavy (non-hydrogen) atoms. The first-order valence-corrected chi connectivity index (χ1v) is 9.57. The fourth-order valence-electron chi connectivity index (χ4n) is 3.04. The number of aromatic nitrogens is 3. The van der Waals surface area contributed by atoms with E-state index in [0.717, 1.165) is 22.4 Å². The molecule has 0 unspecified atom stereocenters. The highest BCUT2D eigenvalue weighted by atomic mass is 35.5. The predicted octanol–water partition coefficient (Wildman–Crippen LogP) is 5.46. The summed E-state index contributed by atoms with van der Waals surface area (Å²) in [6.45, 7) is 4.03. The van der Waals surface area contributed by atoms with E-state index in [-0.39, 0.29) is 5.82 Å². The molecule has 1 heterocycles. The monoisotopic (exact) mass is 402 g/mol. The molecule has 0 fully saturated rings. The van der Waals surface area contributed by atoms with Crippen LogP contribution < -0.4 is 5.32 Å². The maximum absolute atomic E-state index is 12.8. The Hall–Kier alpha value is -3.44. The van der Waals surface area contributed by atoms with Gasteiger partial charge in [-0.25, -0.2) is 9.67 Å². The third-order valence-corrected chi connectivity index (χ3v) is 4.89. The van der Waals surface area contributed by atoms with Gasteiger partial charge in [0.05, 0.1) is 16.4 Å². The summed E-state index contributed by atoms with van der Waals surface area (Å²) >= 11 is 6.16. The van der Waals surface area contributed by atoms with Crippen LogP contribution >= 0.6 is 11.6 Å². The van der Waals surface area contributed by atoms with Gasteiger partial charge in [-0.05, 0) is 43.2 Å². The summed E-state index contributed by atoms with van der Waals surface area (Å²) in [5.41, 5.74) is 4.41. The van der Waals surface area contributed by atoms with Crippen LogP contribution in [-0.2, 0) is 0 Å². The van der Waals surface area contributed by atoms with E-state index in [0.29, 0.717) is 16.5 Å². The molecule has 1 N–H and O–H groups in total. The average molecular weight is 403 g/mol. The number of nitrogens with zero attached hydrogens (tertiary/aromatic N) is 3. The highest BCUT2D eigenvalue weighted by Gasteiger charge is 2.20. The number of nitrogens with one attached hydrogen (secondary N) is 1. The molecule has 144 valence electrons. The molecule has 6 heteroatoms. The maximum Gasteiger partial charge on any atom is 0.295 e. The minimum atomic E-state index is -0.417. The Morgan fingerprint density at radius 1 is 0.966 bits per heavy atom.